The summed E-state index contributed by atoms with van der Waals surface area (Å²) >= 11 is 0. The fourth-order valence-electron chi connectivity index (χ4n) is 20.8. The van der Waals surface area contributed by atoms with E-state index in [0.29, 0.717) is 126 Å². The number of hydrogen-bond donors (Lipinski definition) is 4. The smallest absolute Gasteiger partial charge is 0.329 e. The van der Waals surface area contributed by atoms with Crippen molar-refractivity contribution in [3.63, 3.8) is 0 Å². The summed E-state index contributed by atoms with van der Waals surface area (Å²) in [6.07, 6.45) is 15.8. The molecule has 6 heterocycles. The van der Waals surface area contributed by atoms with Gasteiger partial charge in [-0.3, -0.25) is 47.5 Å². The summed E-state index contributed by atoms with van der Waals surface area (Å²) in [7, 11) is -3.67. The average molecular weight is 1990 g/mol. The zero-order valence-electron chi connectivity index (χ0n) is 94.4. The third kappa shape index (κ3) is 33.9. The Morgan fingerprint density at radius 1 is 0.457 bits per heavy atom. The maximum Gasteiger partial charge on any atom is 0.329 e. The van der Waals surface area contributed by atoms with E-state index in [0.717, 1.165) is 28.7 Å². The van der Waals surface area contributed by atoms with E-state index in [1.165, 1.54) is 28.4 Å². The lowest BCUT2D eigenvalue weighted by Crippen LogP contribution is -2.61. The number of aliphatic hydroxyl groups excluding tert-OH is 2. The van der Waals surface area contributed by atoms with Gasteiger partial charge in [-0.2, -0.15) is 0 Å². The van der Waals surface area contributed by atoms with Crippen molar-refractivity contribution in [3.05, 3.63) is 95.2 Å². The molecule has 30 nitrogen and oxygen atoms in total. The van der Waals surface area contributed by atoms with Crippen molar-refractivity contribution >= 4 is 73.2 Å². The highest BCUT2D eigenvalue weighted by atomic mass is 31.2. The van der Waals surface area contributed by atoms with E-state index in [9.17, 15) is 77.5 Å². The van der Waals surface area contributed by atoms with Crippen molar-refractivity contribution in [3.8, 4) is 0 Å². The van der Waals surface area contributed by atoms with Gasteiger partial charge in [0.15, 0.2) is 26.3 Å². The topological polar surface area (TPSA) is 403 Å². The number of nitrogens with zero attached hydrogens (tertiary/aromatic N) is 2. The molecular weight excluding hydrogens is 1810 g/mol. The summed E-state index contributed by atoms with van der Waals surface area (Å²) in [5.41, 5.74) is 2.02. The zero-order chi connectivity index (χ0) is 110. The Morgan fingerprint density at radius 3 is 1.18 bits per heavy atom. The largest absolute Gasteiger partial charge is 0.460 e. The Hall–Kier alpha value is -6.28. The minimum atomic E-state index is -4.02. The second kappa shape index (κ2) is 55.1. The number of methoxy groups -OCH3 is 6. The van der Waals surface area contributed by atoms with Crippen molar-refractivity contribution in [1.82, 2.24) is 9.80 Å². The summed E-state index contributed by atoms with van der Waals surface area (Å²) < 4.78 is 166. The highest BCUT2D eigenvalue weighted by molar-refractivity contribution is 7.57. The maximum atomic E-state index is 14.6. The lowest BCUT2D eigenvalue weighted by atomic mass is 9.78. The van der Waals surface area contributed by atoms with Crippen molar-refractivity contribution in [2.45, 2.75) is 360 Å². The normalized spacial score (nSPS) is 40.3. The van der Waals surface area contributed by atoms with Crippen molar-refractivity contribution in [2.24, 2.45) is 71.0 Å². The van der Waals surface area contributed by atoms with E-state index >= 15 is 0 Å². The van der Waals surface area contributed by atoms with Gasteiger partial charge in [0.2, 0.25) is 11.6 Å². The molecule has 2 unspecified atom stereocenters. The molecular formula is C106H168N2O28P2. The monoisotopic (exact) mass is 1990 g/mol. The number of aliphatic hydroxyl groups is 4. The molecule has 6 fully saturated rings. The van der Waals surface area contributed by atoms with Gasteiger partial charge in [-0.15, -0.1) is 0 Å². The van der Waals surface area contributed by atoms with Crippen LogP contribution in [-0.4, -0.2) is 280 Å². The van der Waals surface area contributed by atoms with E-state index in [1.807, 2.05) is 71.1 Å². The van der Waals surface area contributed by atoms with Gasteiger partial charge < -0.3 is 86.6 Å². The van der Waals surface area contributed by atoms with Crippen LogP contribution in [0.1, 0.15) is 263 Å². The van der Waals surface area contributed by atoms with Gasteiger partial charge in [0.05, 0.1) is 52.9 Å². The number of hydrogen-bond acceptors (Lipinski definition) is 28. The number of cyclic esters (lactones) is 2. The number of carbonyl (C=O) groups excluding carboxylic acids is 10. The van der Waals surface area contributed by atoms with Gasteiger partial charge >= 0.3 is 11.9 Å². The van der Waals surface area contributed by atoms with Gasteiger partial charge in [-0.05, 0) is 214 Å². The van der Waals surface area contributed by atoms with Gasteiger partial charge in [-0.1, -0.05) is 142 Å². The quantitative estimate of drug-likeness (QED) is 0.0482. The minimum absolute atomic E-state index is 0.00934. The van der Waals surface area contributed by atoms with Crippen LogP contribution in [0, 0.1) is 71.0 Å². The fourth-order valence-corrected chi connectivity index (χ4v) is 22.3. The highest BCUT2D eigenvalue weighted by Gasteiger charge is 2.56. The predicted molar refractivity (Wildman–Crippen MR) is 527 cm³/mol. The SMILES string of the molecule is [2H]C([2H])([2H])O[C@H]1C[C@@H]2CC[C@@H](C)[C@@](O)(O2)C(=O)C(=O)N2CCCC[C@H]2C(=O)O[C@H]([C@H](C)C[C@@H]2CC[C@@H](OP(C)(=O)C([2H])([2H])[2H])[C@H](OC)C2)CC(=O)[C@H](C)/C=C(\C)[C@@H](O)[C@@H](OC)C(=O)[C@H](C)C[C@H](C)/C=C/C=CC=C1C.[2H]C([2H])([2H])P(C)(=O)O[C@@H]1CC[C@@H](C[C@@H](C)[C@@H]2CC(=O)[C@H](C)/C=C(\C)[C@@H](O)[C@@H](OC)C(=O)[C@H](C)C[C@H](C)/C=C/C=C/C=C(\C)[C@@H](OC)C[C@@H]3CC[C@@H](C)[C@@](O)(O3)C(=O)C(=O)N3CCCC[C@H]3C(=O)O2)C[C@H]1OC. The van der Waals surface area contributed by atoms with Crippen LogP contribution in [0.15, 0.2) is 95.2 Å². The molecule has 2 amide bonds. The zero-order valence-corrected chi connectivity index (χ0v) is 87.1. The van der Waals surface area contributed by atoms with Crippen LogP contribution in [0.2, 0.25) is 0 Å². The number of Topliss-reactive ketones (excluding diaryl/α,β-unsaturated/α-hetero) is 6. The molecule has 32 heteroatoms. The molecule has 8 rings (SSSR count). The van der Waals surface area contributed by atoms with Crippen molar-refractivity contribution in [1.29, 1.82) is 0 Å². The van der Waals surface area contributed by atoms with E-state index in [4.69, 9.17) is 68.8 Å². The number of ketones is 6. The van der Waals surface area contributed by atoms with E-state index < -0.39 is 227 Å². The molecule has 138 heavy (non-hydrogen) atoms. The molecule has 0 aromatic heterocycles. The van der Waals surface area contributed by atoms with E-state index in [1.54, 1.807) is 106 Å². The number of fused-ring (bicyclic) bond motifs is 6. The highest BCUT2D eigenvalue weighted by Crippen LogP contribution is 2.48. The third-order valence-corrected chi connectivity index (χ3v) is 30.8. The Balaban J connectivity index is 0.000000398. The van der Waals surface area contributed by atoms with E-state index in [-0.39, 0.29) is 105 Å². The Labute approximate surface area is 834 Å². The third-order valence-electron chi connectivity index (χ3n) is 29.4. The number of rotatable bonds is 16. The second-order valence-corrected chi connectivity index (χ2v) is 44.7. The maximum absolute atomic E-state index is 14.6. The lowest BCUT2D eigenvalue weighted by molar-refractivity contribution is -0.265. The second-order valence-electron chi connectivity index (χ2n) is 40.9. The average Bonchev–Trinajstić information content (AvgIpc) is 0.769. The summed E-state index contributed by atoms with van der Waals surface area (Å²) in [5, 5.41) is 47.0. The molecule has 4 saturated heterocycles. The number of ether oxygens (including phenoxy) is 10. The first-order valence-electron chi connectivity index (χ1n) is 54.2. The van der Waals surface area contributed by atoms with Crippen LogP contribution in [0.3, 0.4) is 0 Å². The number of piperidine rings is 2. The standard InChI is InChI=1S/2C53H84NO14P/c2*1-32-18-14-13-15-19-33(2)44(63-8)30-40-23-21-38(7)53(61,67-40)50(58)51(59)54-25-17-16-20-41(54)52(60)66-45(35(4)28-39-22-24-43(46(29-39)64-9)68-69(11,12)62)31-42(55)34(3)27-37(6)48(57)49(65-10)47(56)36(5)26-32/h2*13-15,18-19,27,32,34-36,38-41,43-46,48-49,57,61H,16-17,20-26,28-31H2,1-12H3/b15-13?,18-14+,33-19?,37-27+;15-13+,18-14+,33-19+,37-27+/t2*32-,34-,35-,36-,38-,39+,40+,41+,43-,44+,45+,46-,48-,49+,53-/m11/s1/i8D3,11D3;11D3/t2*32-,34-,35-,36-,38-,39+,40+,41+,43-,44+,45+,46-,48-,49+,53-,69?. The minimum Gasteiger partial charge on any atom is -0.460 e. The van der Waals surface area contributed by atoms with Crippen molar-refractivity contribution in [2.75, 3.05) is 82.2 Å². The predicted octanol–water partition coefficient (Wildman–Crippen LogP) is 15.5. The van der Waals surface area contributed by atoms with Gasteiger partial charge in [0.25, 0.3) is 23.4 Å². The van der Waals surface area contributed by atoms with Gasteiger partial charge in [-0.25, -0.2) is 9.59 Å². The van der Waals surface area contributed by atoms with Crippen LogP contribution in [0.5, 0.6) is 0 Å². The van der Waals surface area contributed by atoms with Crippen LogP contribution in [0.4, 0.5) is 0 Å². The first-order chi connectivity index (χ1) is 68.5. The number of amides is 2. The summed E-state index contributed by atoms with van der Waals surface area (Å²) in [6, 6.07) is -2.49. The Kier molecular flexibility index (Phi) is 41.8. The molecule has 8 aliphatic rings. The molecule has 0 aromatic carbocycles. The van der Waals surface area contributed by atoms with Crippen LogP contribution >= 0.6 is 14.7 Å². The molecule has 2 aliphatic carbocycles. The first kappa shape index (κ1) is 105. The summed E-state index contributed by atoms with van der Waals surface area (Å²) in [6.45, 7) is 21.0. The Bertz CT molecular complexity index is 4800. The first-order valence-corrected chi connectivity index (χ1v) is 53.8. The molecule has 4 bridgehead atoms. The van der Waals surface area contributed by atoms with Gasteiger partial charge in [0, 0.05) is 152 Å². The number of esters is 2. The van der Waals surface area contributed by atoms with Gasteiger partial charge in [0.1, 0.15) is 60.3 Å². The molecule has 2 saturated carbocycles. The molecule has 0 aromatic rings. The van der Waals surface area contributed by atoms with Crippen LogP contribution in [-0.2, 0) is 113 Å². The molecule has 32 atom stereocenters. The lowest BCUT2D eigenvalue weighted by Gasteiger charge is -2.42. The summed E-state index contributed by atoms with van der Waals surface area (Å²) in [4.78, 5) is 145. The van der Waals surface area contributed by atoms with E-state index in [2.05, 4.69) is 0 Å². The summed E-state index contributed by atoms with van der Waals surface area (Å²) in [5.74, 6) is -18.3. The fraction of sp³-hybridized carbons (Fsp3) is 0.755. The number of carbonyl (C=O) groups is 10. The molecule has 6 aliphatic heterocycles. The molecule has 0 spiro atoms. The number of allylic oxidation sites excluding steroid dienone is 12. The molecule has 4 N–H and O–H groups in total. The Morgan fingerprint density at radius 2 is 0.833 bits per heavy atom. The van der Waals surface area contributed by atoms with Crippen LogP contribution < -0.4 is 0 Å². The molecule has 780 valence electrons. The van der Waals surface area contributed by atoms with Crippen LogP contribution in [0.25, 0.3) is 0 Å². The molecule has 0 radical (unpaired) electrons. The van der Waals surface area contributed by atoms with Crippen molar-refractivity contribution < 1.29 is 146 Å².